The van der Waals surface area contributed by atoms with Crippen molar-refractivity contribution in [3.8, 4) is 20.9 Å². The van der Waals surface area contributed by atoms with Crippen molar-refractivity contribution >= 4 is 81.8 Å². The van der Waals surface area contributed by atoms with Crippen LogP contribution in [-0.4, -0.2) is 42.0 Å². The molecule has 0 radical (unpaired) electrons. The van der Waals surface area contributed by atoms with Gasteiger partial charge in [-0.1, -0.05) is 120 Å². The Labute approximate surface area is 383 Å². The van der Waals surface area contributed by atoms with Gasteiger partial charge in [-0.05, 0) is 117 Å². The molecule has 0 N–H and O–H groups in total. The summed E-state index contributed by atoms with van der Waals surface area (Å²) in [7, 11) is -1.73. The summed E-state index contributed by atoms with van der Waals surface area (Å²) in [5.41, 5.74) is 13.6. The highest BCUT2D eigenvalue weighted by molar-refractivity contribution is 7.17. The van der Waals surface area contributed by atoms with Gasteiger partial charge in [-0.2, -0.15) is 8.75 Å². The standard InChI is InChI=1S/C52H66N2O4S3Si/c1-9-34(4)51(55)57-27-17-13-11-15-19-37-30-44(59-36(37)6)42-25-26-43(49-48(42)53-61-54-49)45-31-38(20-16-12-14-18-28-58-52(56)35(5)10-2)50(60-45)39-22-24-41-40-23-21-33(3)29-46(40)62(7,8)47(41)32-39/h21-26,29-31,34-35,47H,9-20,27-28,32H2,1-8H3. The van der Waals surface area contributed by atoms with Crippen LogP contribution >= 0.6 is 34.4 Å². The molecule has 0 saturated heterocycles. The maximum absolute atomic E-state index is 12.2. The molecule has 3 aromatic heterocycles. The number of carbonyl (C=O) groups excluding carboxylic acids is 2. The van der Waals surface area contributed by atoms with Crippen molar-refractivity contribution < 1.29 is 19.1 Å². The van der Waals surface area contributed by atoms with Crippen LogP contribution in [0, 0.1) is 25.7 Å². The number of nitrogens with zero attached hydrogens (tertiary/aromatic N) is 2. The number of hydrogen-bond donors (Lipinski definition) is 0. The van der Waals surface area contributed by atoms with Gasteiger partial charge in [0.1, 0.15) is 11.0 Å². The van der Waals surface area contributed by atoms with Crippen molar-refractivity contribution in [1.29, 1.82) is 0 Å². The number of esters is 2. The molecule has 1 aliphatic carbocycles. The molecule has 6 nitrogen and oxygen atoms in total. The van der Waals surface area contributed by atoms with Crippen molar-refractivity contribution in [1.82, 2.24) is 8.75 Å². The lowest BCUT2D eigenvalue weighted by Gasteiger charge is -2.30. The van der Waals surface area contributed by atoms with E-state index >= 15 is 0 Å². The second-order valence-electron chi connectivity index (χ2n) is 18.4. The third-order valence-electron chi connectivity index (χ3n) is 13.6. The van der Waals surface area contributed by atoms with Gasteiger partial charge in [0, 0.05) is 30.6 Å². The molecule has 1 aliphatic heterocycles. The third kappa shape index (κ3) is 10.3. The van der Waals surface area contributed by atoms with Gasteiger partial charge in [-0.15, -0.1) is 22.7 Å². The first kappa shape index (κ1) is 46.3. The Kier molecular flexibility index (Phi) is 15.6. The topological polar surface area (TPSA) is 78.4 Å². The lowest BCUT2D eigenvalue weighted by Crippen LogP contribution is -2.42. The molecular weight excluding hydrogens is 841 g/mol. The van der Waals surface area contributed by atoms with Crippen molar-refractivity contribution in [2.24, 2.45) is 11.8 Å². The number of aromatic nitrogens is 2. The molecule has 0 bridgehead atoms. The molecule has 5 aromatic rings. The fourth-order valence-electron chi connectivity index (χ4n) is 9.11. The minimum atomic E-state index is -1.73. The minimum absolute atomic E-state index is 0.0160. The van der Waals surface area contributed by atoms with E-state index < -0.39 is 8.07 Å². The first-order chi connectivity index (χ1) is 29.9. The maximum Gasteiger partial charge on any atom is 0.308 e. The Balaban J connectivity index is 1.08. The highest BCUT2D eigenvalue weighted by atomic mass is 32.1. The fraction of sp³-hybridized carbons (Fsp3) is 0.500. The number of carbonyl (C=O) groups is 2. The normalized spacial score (nSPS) is 16.4. The van der Waals surface area contributed by atoms with E-state index in [-0.39, 0.29) is 23.8 Å². The zero-order chi connectivity index (χ0) is 44.0. The van der Waals surface area contributed by atoms with E-state index in [9.17, 15) is 9.59 Å². The second kappa shape index (κ2) is 20.9. The molecule has 3 unspecified atom stereocenters. The van der Waals surface area contributed by atoms with Gasteiger partial charge in [0.25, 0.3) is 0 Å². The van der Waals surface area contributed by atoms with Gasteiger partial charge >= 0.3 is 11.9 Å². The quantitative estimate of drug-likeness (QED) is 0.0415. The molecule has 0 fully saturated rings. The van der Waals surface area contributed by atoms with E-state index in [4.69, 9.17) is 18.2 Å². The predicted molar refractivity (Wildman–Crippen MR) is 267 cm³/mol. The Hall–Kier alpha value is -3.70. The molecule has 2 aromatic carbocycles. The van der Waals surface area contributed by atoms with Gasteiger partial charge in [0.2, 0.25) is 0 Å². The summed E-state index contributed by atoms with van der Waals surface area (Å²) in [6.07, 6.45) is 18.1. The van der Waals surface area contributed by atoms with E-state index in [1.165, 1.54) is 70.2 Å². The van der Waals surface area contributed by atoms with Crippen molar-refractivity contribution in [2.75, 3.05) is 13.2 Å². The second-order valence-corrected chi connectivity index (χ2v) is 25.9. The first-order valence-corrected chi connectivity index (χ1v) is 28.7. The van der Waals surface area contributed by atoms with E-state index in [1.807, 2.05) is 50.4 Å². The molecule has 2 aliphatic rings. The molecule has 4 heterocycles. The van der Waals surface area contributed by atoms with Crippen LogP contribution in [0.15, 0.2) is 54.6 Å². The summed E-state index contributed by atoms with van der Waals surface area (Å²) >= 11 is 5.12. The molecule has 62 heavy (non-hydrogen) atoms. The summed E-state index contributed by atoms with van der Waals surface area (Å²) in [5.74, 6) is -0.187. The number of unbranched alkanes of at least 4 members (excludes halogenated alkanes) is 6. The number of thiophene rings is 2. The number of aryl methyl sites for hydroxylation is 4. The molecule has 3 atom stereocenters. The smallest absolute Gasteiger partial charge is 0.308 e. The zero-order valence-electron chi connectivity index (χ0n) is 38.3. The van der Waals surface area contributed by atoms with Gasteiger partial charge < -0.3 is 9.47 Å². The number of benzene rings is 2. The molecular formula is C52H66N2O4S3Si. The van der Waals surface area contributed by atoms with Crippen LogP contribution in [0.1, 0.15) is 130 Å². The minimum Gasteiger partial charge on any atom is -0.465 e. The number of rotatable bonds is 21. The van der Waals surface area contributed by atoms with Crippen LogP contribution in [-0.2, 0) is 31.9 Å². The molecule has 10 heteroatoms. The van der Waals surface area contributed by atoms with E-state index in [2.05, 4.69) is 81.6 Å². The lowest BCUT2D eigenvalue weighted by molar-refractivity contribution is -0.149. The number of allylic oxidation sites excluding steroid dienone is 4. The van der Waals surface area contributed by atoms with Gasteiger partial charge in [-0.25, -0.2) is 0 Å². The first-order valence-electron chi connectivity index (χ1n) is 23.2. The van der Waals surface area contributed by atoms with Gasteiger partial charge in [0.05, 0.1) is 44.9 Å². The molecule has 330 valence electrons. The summed E-state index contributed by atoms with van der Waals surface area (Å²) in [6.45, 7) is 18.6. The Morgan fingerprint density at radius 3 is 1.87 bits per heavy atom. The van der Waals surface area contributed by atoms with Crippen molar-refractivity contribution in [3.05, 3.63) is 86.6 Å². The van der Waals surface area contributed by atoms with Crippen LogP contribution < -0.4 is 5.19 Å². The van der Waals surface area contributed by atoms with E-state index in [1.54, 1.807) is 10.8 Å². The average Bonchev–Trinajstić information content (AvgIpc) is 4.06. The van der Waals surface area contributed by atoms with Crippen LogP contribution in [0.4, 0.5) is 0 Å². The number of ether oxygens (including phenoxy) is 2. The SMILES string of the molecule is CCC(C)C(=O)OCCCCCCc1cc(-c2ccc(-c3cc(CCCCCCOC(=O)C(C)CC)c(C4=CC=C5c6ccc(C)cc6[Si](C)(C)C5C4)s3)c3nsnc23)sc1C. The highest BCUT2D eigenvalue weighted by Gasteiger charge is 2.45. The van der Waals surface area contributed by atoms with Gasteiger partial charge in [-0.3, -0.25) is 9.59 Å². The van der Waals surface area contributed by atoms with E-state index in [0.29, 0.717) is 18.8 Å². The van der Waals surface area contributed by atoms with E-state index in [0.717, 1.165) is 94.5 Å². The summed E-state index contributed by atoms with van der Waals surface area (Å²) < 4.78 is 20.9. The Morgan fingerprint density at radius 1 is 0.710 bits per heavy atom. The monoisotopic (exact) mass is 906 g/mol. The largest absolute Gasteiger partial charge is 0.465 e. The average molecular weight is 907 g/mol. The van der Waals surface area contributed by atoms with Crippen LogP contribution in [0.5, 0.6) is 0 Å². The Bertz CT molecular complexity index is 2440. The van der Waals surface area contributed by atoms with Crippen molar-refractivity contribution in [3.63, 3.8) is 0 Å². The van der Waals surface area contributed by atoms with Crippen molar-refractivity contribution in [2.45, 2.75) is 144 Å². The molecule has 0 spiro atoms. The fourth-order valence-corrected chi connectivity index (χ4v) is 15.7. The van der Waals surface area contributed by atoms with Gasteiger partial charge in [0.15, 0.2) is 0 Å². The highest BCUT2D eigenvalue weighted by Crippen LogP contribution is 2.52. The molecule has 7 rings (SSSR count). The summed E-state index contributed by atoms with van der Waals surface area (Å²) in [6, 6.07) is 16.5. The maximum atomic E-state index is 12.2. The lowest BCUT2D eigenvalue weighted by atomic mass is 9.90. The molecule has 0 amide bonds. The third-order valence-corrected chi connectivity index (χ3v) is 20.6. The number of hydrogen-bond acceptors (Lipinski definition) is 9. The van der Waals surface area contributed by atoms with Crippen LogP contribution in [0.3, 0.4) is 0 Å². The summed E-state index contributed by atoms with van der Waals surface area (Å²) in [5, 5.41) is 1.62. The molecule has 0 saturated carbocycles. The van der Waals surface area contributed by atoms with Crippen LogP contribution in [0.25, 0.3) is 43.1 Å². The predicted octanol–water partition coefficient (Wildman–Crippen LogP) is 14.3. The number of fused-ring (bicyclic) bond motifs is 4. The zero-order valence-corrected chi connectivity index (χ0v) is 41.7. The van der Waals surface area contributed by atoms with Crippen LogP contribution in [0.2, 0.25) is 18.6 Å². The summed E-state index contributed by atoms with van der Waals surface area (Å²) in [4.78, 5) is 29.5. The Morgan fingerprint density at radius 2 is 1.26 bits per heavy atom.